The summed E-state index contributed by atoms with van der Waals surface area (Å²) in [4.78, 5) is 44.1. The molecule has 2 aromatic rings. The van der Waals surface area contributed by atoms with Crippen LogP contribution in [0.2, 0.25) is 0 Å². The third-order valence-corrected chi connectivity index (χ3v) is 8.84. The van der Waals surface area contributed by atoms with Gasteiger partial charge in [0.2, 0.25) is 5.91 Å². The van der Waals surface area contributed by atoms with Crippen LogP contribution in [0.3, 0.4) is 0 Å². The van der Waals surface area contributed by atoms with Gasteiger partial charge in [-0.15, -0.1) is 0 Å². The van der Waals surface area contributed by atoms with E-state index in [1.54, 1.807) is 33.7 Å². The largest absolute Gasteiger partial charge is 0.369 e. The number of carbonyl (C=O) groups is 3. The molecule has 4 aliphatic carbocycles. The summed E-state index contributed by atoms with van der Waals surface area (Å²) in [6.07, 6.45) is 11.0. The van der Waals surface area contributed by atoms with E-state index in [1.807, 2.05) is 0 Å². The number of fused-ring (bicyclic) bond motifs is 1. The molecular weight excluding hydrogens is 430 g/mol. The van der Waals surface area contributed by atoms with Crippen LogP contribution >= 0.6 is 0 Å². The van der Waals surface area contributed by atoms with E-state index in [2.05, 4.69) is 10.3 Å². The molecule has 180 valence electrons. The van der Waals surface area contributed by atoms with Gasteiger partial charge in [0.05, 0.1) is 5.92 Å². The molecule has 4 saturated carbocycles. The number of primary amides is 1. The fourth-order valence-electron chi connectivity index (χ4n) is 7.72. The summed E-state index contributed by atoms with van der Waals surface area (Å²) in [7, 11) is 0. The fraction of sp³-hybridized carbons (Fsp3) is 0.615. The van der Waals surface area contributed by atoms with Crippen LogP contribution in [0.25, 0.3) is 5.65 Å². The van der Waals surface area contributed by atoms with Crippen LogP contribution in [-0.2, 0) is 4.79 Å². The van der Waals surface area contributed by atoms with E-state index in [-0.39, 0.29) is 34.7 Å². The Morgan fingerprint density at radius 3 is 2.47 bits per heavy atom. The Morgan fingerprint density at radius 1 is 1.09 bits per heavy atom. The molecule has 1 atom stereocenters. The zero-order valence-corrected chi connectivity index (χ0v) is 19.5. The first-order valence-electron chi connectivity index (χ1n) is 12.7. The standard InChI is InChI=1S/C26H33N5O3/c27-23(32)19-3-2-6-30(13-19)25(34)20-14-31-21(4-1-5-22(31)29-20)24(33)28-15-26-10-16-7-17(11-26)9-18(8-16)12-26/h1,4-5,14,16-19H,2-3,6-13,15H2,(H2,27,32)(H,28,33). The second kappa shape index (κ2) is 8.10. The highest BCUT2D eigenvalue weighted by atomic mass is 16.2. The van der Waals surface area contributed by atoms with E-state index in [9.17, 15) is 14.4 Å². The Bertz CT molecular complexity index is 1120. The van der Waals surface area contributed by atoms with E-state index in [4.69, 9.17) is 5.73 Å². The lowest BCUT2D eigenvalue weighted by atomic mass is 9.49. The number of nitrogens with zero attached hydrogens (tertiary/aromatic N) is 3. The van der Waals surface area contributed by atoms with E-state index < -0.39 is 0 Å². The van der Waals surface area contributed by atoms with Gasteiger partial charge in [0, 0.05) is 25.8 Å². The van der Waals surface area contributed by atoms with Gasteiger partial charge in [-0.25, -0.2) is 4.98 Å². The molecule has 3 amide bonds. The van der Waals surface area contributed by atoms with Gasteiger partial charge in [-0.3, -0.25) is 18.8 Å². The lowest BCUT2D eigenvalue weighted by Crippen LogP contribution is -2.51. The molecule has 1 unspecified atom stereocenters. The van der Waals surface area contributed by atoms with Gasteiger partial charge in [-0.05, 0) is 86.7 Å². The average molecular weight is 464 g/mol. The number of pyridine rings is 1. The van der Waals surface area contributed by atoms with E-state index in [0.717, 1.165) is 30.7 Å². The number of amides is 3. The topological polar surface area (TPSA) is 110 Å². The van der Waals surface area contributed by atoms with Crippen LogP contribution in [-0.4, -0.2) is 51.6 Å². The summed E-state index contributed by atoms with van der Waals surface area (Å²) < 4.78 is 1.71. The molecule has 3 heterocycles. The van der Waals surface area contributed by atoms with Crippen molar-refractivity contribution in [3.8, 4) is 0 Å². The van der Waals surface area contributed by atoms with Gasteiger partial charge in [-0.1, -0.05) is 6.07 Å². The van der Waals surface area contributed by atoms with Crippen molar-refractivity contribution in [1.29, 1.82) is 0 Å². The Kier molecular flexibility index (Phi) is 5.15. The van der Waals surface area contributed by atoms with Gasteiger partial charge >= 0.3 is 0 Å². The summed E-state index contributed by atoms with van der Waals surface area (Å²) >= 11 is 0. The molecule has 0 spiro atoms. The van der Waals surface area contributed by atoms with Crippen LogP contribution in [0, 0.1) is 29.1 Å². The summed E-state index contributed by atoms with van der Waals surface area (Å²) in [6.45, 7) is 1.63. The minimum absolute atomic E-state index is 0.121. The second-order valence-electron chi connectivity index (χ2n) is 11.4. The van der Waals surface area contributed by atoms with Crippen LogP contribution in [0.1, 0.15) is 72.3 Å². The van der Waals surface area contributed by atoms with Gasteiger partial charge in [-0.2, -0.15) is 0 Å². The first-order valence-corrected chi connectivity index (χ1v) is 12.7. The molecule has 0 radical (unpaired) electrons. The number of aromatic nitrogens is 2. The number of nitrogens with one attached hydrogen (secondary N) is 1. The van der Waals surface area contributed by atoms with E-state index in [1.165, 1.54) is 38.5 Å². The highest BCUT2D eigenvalue weighted by molar-refractivity contribution is 5.96. The van der Waals surface area contributed by atoms with Crippen molar-refractivity contribution in [2.24, 2.45) is 34.8 Å². The predicted octanol–water partition coefficient (Wildman–Crippen LogP) is 2.62. The predicted molar refractivity (Wildman–Crippen MR) is 126 cm³/mol. The van der Waals surface area contributed by atoms with Crippen LogP contribution in [0.4, 0.5) is 0 Å². The van der Waals surface area contributed by atoms with Gasteiger partial charge in [0.25, 0.3) is 11.8 Å². The Hall–Kier alpha value is -2.90. The van der Waals surface area contributed by atoms with E-state index in [0.29, 0.717) is 30.9 Å². The second-order valence-corrected chi connectivity index (χ2v) is 11.4. The number of carbonyl (C=O) groups excluding carboxylic acids is 3. The quantitative estimate of drug-likeness (QED) is 0.710. The zero-order valence-electron chi connectivity index (χ0n) is 19.5. The Morgan fingerprint density at radius 2 is 1.79 bits per heavy atom. The molecule has 8 nitrogen and oxygen atoms in total. The summed E-state index contributed by atoms with van der Waals surface area (Å²) in [6, 6.07) is 5.39. The SMILES string of the molecule is NC(=O)C1CCCN(C(=O)c2cn3c(C(=O)NCC45CC6CC(CC(C6)C4)C5)cccc3n2)C1. The number of piperidine rings is 1. The minimum atomic E-state index is -0.370. The average Bonchev–Trinajstić information content (AvgIpc) is 3.26. The molecular formula is C26H33N5O3. The first kappa shape index (κ1) is 21.6. The molecule has 0 aromatic carbocycles. The number of rotatable bonds is 5. The Balaban J connectivity index is 1.18. The minimum Gasteiger partial charge on any atom is -0.369 e. The molecule has 1 aliphatic heterocycles. The molecule has 4 bridgehead atoms. The van der Waals surface area contributed by atoms with Crippen molar-refractivity contribution >= 4 is 23.4 Å². The molecule has 1 saturated heterocycles. The van der Waals surface area contributed by atoms with Crippen molar-refractivity contribution in [1.82, 2.24) is 19.6 Å². The molecule has 5 fully saturated rings. The maximum Gasteiger partial charge on any atom is 0.274 e. The van der Waals surface area contributed by atoms with Crippen molar-refractivity contribution in [3.63, 3.8) is 0 Å². The molecule has 34 heavy (non-hydrogen) atoms. The monoisotopic (exact) mass is 463 g/mol. The summed E-state index contributed by atoms with van der Waals surface area (Å²) in [5, 5.41) is 3.23. The Labute approximate surface area is 199 Å². The highest BCUT2D eigenvalue weighted by Crippen LogP contribution is 2.59. The summed E-state index contributed by atoms with van der Waals surface area (Å²) in [5.74, 6) is 1.50. The highest BCUT2D eigenvalue weighted by Gasteiger charge is 2.50. The molecule has 5 aliphatic rings. The van der Waals surface area contributed by atoms with E-state index >= 15 is 0 Å². The van der Waals surface area contributed by atoms with Crippen molar-refractivity contribution in [2.45, 2.75) is 51.4 Å². The third kappa shape index (κ3) is 3.77. The first-order chi connectivity index (χ1) is 16.4. The smallest absolute Gasteiger partial charge is 0.274 e. The summed E-state index contributed by atoms with van der Waals surface area (Å²) in [5.41, 5.74) is 7.06. The normalized spacial score (nSPS) is 32.2. The maximum absolute atomic E-state index is 13.2. The number of hydrogen-bond acceptors (Lipinski definition) is 4. The fourth-order valence-corrected chi connectivity index (χ4v) is 7.72. The molecule has 8 heteroatoms. The molecule has 3 N–H and O–H groups in total. The lowest BCUT2D eigenvalue weighted by molar-refractivity contribution is -0.123. The number of nitrogens with two attached hydrogens (primary N) is 1. The van der Waals surface area contributed by atoms with Crippen LogP contribution in [0.15, 0.2) is 24.4 Å². The van der Waals surface area contributed by atoms with Gasteiger partial charge in [0.15, 0.2) is 0 Å². The molecule has 2 aromatic heterocycles. The van der Waals surface area contributed by atoms with Gasteiger partial charge < -0.3 is 16.0 Å². The number of likely N-dealkylation sites (tertiary alicyclic amines) is 1. The zero-order chi connectivity index (χ0) is 23.4. The van der Waals surface area contributed by atoms with Crippen molar-refractivity contribution in [2.75, 3.05) is 19.6 Å². The molecule has 7 rings (SSSR count). The van der Waals surface area contributed by atoms with Crippen LogP contribution in [0.5, 0.6) is 0 Å². The third-order valence-electron chi connectivity index (χ3n) is 8.84. The lowest BCUT2D eigenvalue weighted by Gasteiger charge is -2.56. The number of imidazole rings is 1. The van der Waals surface area contributed by atoms with Gasteiger partial charge in [0.1, 0.15) is 17.0 Å². The maximum atomic E-state index is 13.2. The number of hydrogen-bond donors (Lipinski definition) is 2. The van der Waals surface area contributed by atoms with Crippen molar-refractivity contribution in [3.05, 3.63) is 35.8 Å². The van der Waals surface area contributed by atoms with Crippen LogP contribution < -0.4 is 11.1 Å². The van der Waals surface area contributed by atoms with Crippen molar-refractivity contribution < 1.29 is 14.4 Å².